The number of anilines is 1. The lowest BCUT2D eigenvalue weighted by Gasteiger charge is -2.34. The maximum Gasteiger partial charge on any atom is 0.240 e. The molecule has 1 unspecified atom stereocenters. The van der Waals surface area contributed by atoms with Crippen molar-refractivity contribution in [3.63, 3.8) is 0 Å². The Morgan fingerprint density at radius 2 is 2.10 bits per heavy atom. The number of amides is 1. The maximum atomic E-state index is 12.4. The van der Waals surface area contributed by atoms with Crippen LogP contribution in [0.1, 0.15) is 31.2 Å². The third-order valence-corrected chi connectivity index (χ3v) is 4.78. The topological polar surface area (TPSA) is 35.6 Å². The van der Waals surface area contributed by atoms with E-state index in [-0.39, 0.29) is 5.91 Å². The lowest BCUT2D eigenvalue weighted by Crippen LogP contribution is -2.42. The van der Waals surface area contributed by atoms with Gasteiger partial charge in [-0.2, -0.15) is 0 Å². The Bertz CT molecular complexity index is 503. The van der Waals surface area contributed by atoms with Crippen LogP contribution in [0, 0.1) is 0 Å². The van der Waals surface area contributed by atoms with E-state index in [0.29, 0.717) is 12.6 Å². The zero-order valence-electron chi connectivity index (χ0n) is 12.8. The van der Waals surface area contributed by atoms with Crippen LogP contribution < -0.4 is 10.2 Å². The summed E-state index contributed by atoms with van der Waals surface area (Å²) < 4.78 is 0. The minimum Gasteiger partial charge on any atom is -0.311 e. The number of carbonyl (C=O) groups excluding carboxylic acids is 1. The largest absolute Gasteiger partial charge is 0.311 e. The molecule has 0 aliphatic carbocycles. The van der Waals surface area contributed by atoms with Crippen LogP contribution in [0.15, 0.2) is 24.3 Å². The van der Waals surface area contributed by atoms with Crippen LogP contribution in [-0.2, 0) is 11.3 Å². The van der Waals surface area contributed by atoms with Gasteiger partial charge >= 0.3 is 0 Å². The molecule has 21 heavy (non-hydrogen) atoms. The van der Waals surface area contributed by atoms with Gasteiger partial charge in [-0.3, -0.25) is 4.79 Å². The number of para-hydroxylation sites is 1. The van der Waals surface area contributed by atoms with E-state index >= 15 is 0 Å². The highest BCUT2D eigenvalue weighted by molar-refractivity contribution is 5.96. The summed E-state index contributed by atoms with van der Waals surface area (Å²) in [5.41, 5.74) is 2.31. The number of nitrogens with zero attached hydrogens (tertiary/aromatic N) is 2. The van der Waals surface area contributed by atoms with Crippen LogP contribution in [-0.4, -0.2) is 43.5 Å². The monoisotopic (exact) mass is 287 g/mol. The molecule has 4 nitrogen and oxygen atoms in total. The van der Waals surface area contributed by atoms with Crippen LogP contribution >= 0.6 is 0 Å². The number of carbonyl (C=O) groups is 1. The van der Waals surface area contributed by atoms with Gasteiger partial charge in [0.15, 0.2) is 0 Å². The standard InChI is InChI=1S/C17H25N3O/c1-19-10-5-4-7-15(19)9-11-20-16-8-3-2-6-14(16)12-18-13-17(20)21/h2-3,6,8,15,18H,4-5,7,9-13H2,1H3. The van der Waals surface area contributed by atoms with Crippen molar-refractivity contribution >= 4 is 11.6 Å². The maximum absolute atomic E-state index is 12.4. The number of piperidine rings is 1. The van der Waals surface area contributed by atoms with Crippen LogP contribution in [0.2, 0.25) is 0 Å². The van der Waals surface area contributed by atoms with Crippen LogP contribution in [0.25, 0.3) is 0 Å². The summed E-state index contributed by atoms with van der Waals surface area (Å²) in [5, 5.41) is 3.23. The highest BCUT2D eigenvalue weighted by Crippen LogP contribution is 2.24. The molecule has 2 aliphatic rings. The Morgan fingerprint density at radius 3 is 2.95 bits per heavy atom. The molecule has 0 spiro atoms. The van der Waals surface area contributed by atoms with Gasteiger partial charge in [-0.25, -0.2) is 0 Å². The van der Waals surface area contributed by atoms with Crippen LogP contribution in [0.3, 0.4) is 0 Å². The Labute approximate surface area is 127 Å². The first-order chi connectivity index (χ1) is 10.3. The van der Waals surface area contributed by atoms with Crippen molar-refractivity contribution in [2.24, 2.45) is 0 Å². The van der Waals surface area contributed by atoms with Crippen molar-refractivity contribution in [2.75, 3.05) is 31.6 Å². The normalized spacial score (nSPS) is 23.8. The van der Waals surface area contributed by atoms with Gasteiger partial charge < -0.3 is 15.1 Å². The van der Waals surface area contributed by atoms with E-state index < -0.39 is 0 Å². The molecular weight excluding hydrogens is 262 g/mol. The number of hydrogen-bond donors (Lipinski definition) is 1. The van der Waals surface area contributed by atoms with Crippen molar-refractivity contribution in [3.05, 3.63) is 29.8 Å². The lowest BCUT2D eigenvalue weighted by molar-refractivity contribution is -0.117. The van der Waals surface area contributed by atoms with E-state index in [4.69, 9.17) is 0 Å². The third kappa shape index (κ3) is 3.27. The molecule has 114 valence electrons. The van der Waals surface area contributed by atoms with Gasteiger partial charge in [0, 0.05) is 24.8 Å². The van der Waals surface area contributed by atoms with Gasteiger partial charge in [-0.1, -0.05) is 24.6 Å². The Morgan fingerprint density at radius 1 is 1.24 bits per heavy atom. The molecule has 1 saturated heterocycles. The number of benzene rings is 1. The van der Waals surface area contributed by atoms with Crippen molar-refractivity contribution in [1.82, 2.24) is 10.2 Å². The summed E-state index contributed by atoms with van der Waals surface area (Å²) in [5.74, 6) is 0.193. The van der Waals surface area contributed by atoms with Gasteiger partial charge in [-0.05, 0) is 44.5 Å². The quantitative estimate of drug-likeness (QED) is 0.923. The molecule has 4 heteroatoms. The van der Waals surface area contributed by atoms with Crippen molar-refractivity contribution in [3.8, 4) is 0 Å². The fraction of sp³-hybridized carbons (Fsp3) is 0.588. The molecule has 1 aromatic carbocycles. The number of rotatable bonds is 3. The second-order valence-electron chi connectivity index (χ2n) is 6.20. The Kier molecular flexibility index (Phi) is 4.56. The smallest absolute Gasteiger partial charge is 0.240 e. The van der Waals surface area contributed by atoms with E-state index in [1.165, 1.54) is 31.4 Å². The predicted molar refractivity (Wildman–Crippen MR) is 85.4 cm³/mol. The first-order valence-electron chi connectivity index (χ1n) is 8.05. The molecule has 1 amide bonds. The molecule has 1 N–H and O–H groups in total. The summed E-state index contributed by atoms with van der Waals surface area (Å²) in [6.45, 7) is 3.24. The molecule has 1 fully saturated rings. The molecule has 0 aromatic heterocycles. The fourth-order valence-corrected chi connectivity index (χ4v) is 3.49. The van der Waals surface area contributed by atoms with Gasteiger partial charge in [-0.15, -0.1) is 0 Å². The Balaban J connectivity index is 1.72. The zero-order valence-corrected chi connectivity index (χ0v) is 12.8. The summed E-state index contributed by atoms with van der Waals surface area (Å²) in [6, 6.07) is 8.88. The van der Waals surface area contributed by atoms with Crippen molar-refractivity contribution < 1.29 is 4.79 Å². The summed E-state index contributed by atoms with van der Waals surface area (Å²) >= 11 is 0. The van der Waals surface area contributed by atoms with Crippen molar-refractivity contribution in [2.45, 2.75) is 38.3 Å². The van der Waals surface area contributed by atoms with E-state index in [1.807, 2.05) is 17.0 Å². The lowest BCUT2D eigenvalue weighted by atomic mass is 9.99. The van der Waals surface area contributed by atoms with Crippen LogP contribution in [0.4, 0.5) is 5.69 Å². The third-order valence-electron chi connectivity index (χ3n) is 4.78. The van der Waals surface area contributed by atoms with E-state index in [1.54, 1.807) is 0 Å². The molecule has 1 atom stereocenters. The number of fused-ring (bicyclic) bond motifs is 1. The van der Waals surface area contributed by atoms with Crippen LogP contribution in [0.5, 0.6) is 0 Å². The molecule has 1 aromatic rings. The summed E-state index contributed by atoms with van der Waals surface area (Å²) in [7, 11) is 2.21. The van der Waals surface area contributed by atoms with Gasteiger partial charge in [0.05, 0.1) is 6.54 Å². The van der Waals surface area contributed by atoms with Crippen molar-refractivity contribution in [1.29, 1.82) is 0 Å². The predicted octanol–water partition coefficient (Wildman–Crippen LogP) is 2.00. The van der Waals surface area contributed by atoms with Gasteiger partial charge in [0.25, 0.3) is 0 Å². The van der Waals surface area contributed by atoms with Gasteiger partial charge in [0.1, 0.15) is 0 Å². The SMILES string of the molecule is CN1CCCCC1CCN1C(=O)CNCc2ccccc21. The average molecular weight is 287 g/mol. The number of nitrogens with one attached hydrogen (secondary N) is 1. The highest BCUT2D eigenvalue weighted by Gasteiger charge is 2.24. The molecule has 0 saturated carbocycles. The molecule has 3 rings (SSSR count). The van der Waals surface area contributed by atoms with E-state index in [0.717, 1.165) is 25.2 Å². The average Bonchev–Trinajstić information content (AvgIpc) is 2.65. The zero-order chi connectivity index (χ0) is 14.7. The summed E-state index contributed by atoms with van der Waals surface area (Å²) in [6.07, 6.45) is 4.96. The number of hydrogen-bond acceptors (Lipinski definition) is 3. The molecule has 2 heterocycles. The molecular formula is C17H25N3O. The fourth-order valence-electron chi connectivity index (χ4n) is 3.49. The first kappa shape index (κ1) is 14.5. The minimum atomic E-state index is 0.193. The molecule has 2 aliphatic heterocycles. The molecule has 0 radical (unpaired) electrons. The van der Waals surface area contributed by atoms with E-state index in [2.05, 4.69) is 29.4 Å². The first-order valence-corrected chi connectivity index (χ1v) is 8.05. The minimum absolute atomic E-state index is 0.193. The summed E-state index contributed by atoms with van der Waals surface area (Å²) in [4.78, 5) is 16.8. The van der Waals surface area contributed by atoms with Gasteiger partial charge in [0.2, 0.25) is 5.91 Å². The highest BCUT2D eigenvalue weighted by atomic mass is 16.2. The second kappa shape index (κ2) is 6.58. The van der Waals surface area contributed by atoms with E-state index in [9.17, 15) is 4.79 Å². The molecule has 0 bridgehead atoms. The number of likely N-dealkylation sites (tertiary alicyclic amines) is 1. The second-order valence-corrected chi connectivity index (χ2v) is 6.20. The Hall–Kier alpha value is -1.39.